The van der Waals surface area contributed by atoms with E-state index in [9.17, 15) is 5.26 Å². The second-order valence-electron chi connectivity index (χ2n) is 4.17. The normalized spacial score (nSPS) is 24.1. The van der Waals surface area contributed by atoms with Crippen LogP contribution < -0.4 is 0 Å². The van der Waals surface area contributed by atoms with Crippen LogP contribution in [0, 0.1) is 16.7 Å². The summed E-state index contributed by atoms with van der Waals surface area (Å²) in [6.07, 6.45) is 2.46. The largest absolute Gasteiger partial charge is 0.359 e. The van der Waals surface area contributed by atoms with Crippen LogP contribution in [0.25, 0.3) is 0 Å². The summed E-state index contributed by atoms with van der Waals surface area (Å²) >= 11 is 0. The van der Waals surface area contributed by atoms with Crippen molar-refractivity contribution in [1.29, 1.82) is 10.7 Å². The van der Waals surface area contributed by atoms with E-state index < -0.39 is 5.41 Å². The molecule has 0 bridgehead atoms. The summed E-state index contributed by atoms with van der Waals surface area (Å²) in [5.74, 6) is 0.521. The summed E-state index contributed by atoms with van der Waals surface area (Å²) in [6.45, 7) is 3.10. The van der Waals surface area contributed by atoms with Gasteiger partial charge >= 0.3 is 0 Å². The molecular weight excluding hydrogens is 200 g/mol. The predicted octanol–water partition coefficient (Wildman–Crippen LogP) is 1.55. The van der Waals surface area contributed by atoms with Crippen molar-refractivity contribution in [1.82, 2.24) is 9.88 Å². The Kier molecular flexibility index (Phi) is 2.61. The molecule has 1 aliphatic heterocycles. The Morgan fingerprint density at radius 3 is 2.94 bits per heavy atom. The van der Waals surface area contributed by atoms with Crippen LogP contribution in [-0.2, 0) is 5.41 Å². The predicted molar refractivity (Wildman–Crippen MR) is 61.1 cm³/mol. The molecule has 0 saturated carbocycles. The fraction of sp³-hybridized carbons (Fsp3) is 0.417. The van der Waals surface area contributed by atoms with Crippen molar-refractivity contribution >= 4 is 5.84 Å². The lowest BCUT2D eigenvalue weighted by Gasteiger charge is -2.21. The Morgan fingerprint density at radius 2 is 2.44 bits per heavy atom. The first-order valence-electron chi connectivity index (χ1n) is 5.31. The lowest BCUT2D eigenvalue weighted by molar-refractivity contribution is 0.475. The van der Waals surface area contributed by atoms with Gasteiger partial charge in [-0.1, -0.05) is 6.07 Å². The number of hydrogen-bond acceptors (Lipinski definition) is 3. The second-order valence-corrected chi connectivity index (χ2v) is 4.17. The second kappa shape index (κ2) is 3.93. The fourth-order valence-corrected chi connectivity index (χ4v) is 2.10. The molecule has 82 valence electrons. The van der Waals surface area contributed by atoms with Gasteiger partial charge in [0.25, 0.3) is 0 Å². The van der Waals surface area contributed by atoms with Gasteiger partial charge in [-0.15, -0.1) is 0 Å². The Bertz CT molecular complexity index is 434. The highest BCUT2D eigenvalue weighted by Gasteiger charge is 2.41. The van der Waals surface area contributed by atoms with E-state index in [4.69, 9.17) is 5.41 Å². The van der Waals surface area contributed by atoms with Gasteiger partial charge in [0.05, 0.1) is 17.6 Å². The first kappa shape index (κ1) is 10.6. The smallest absolute Gasteiger partial charge is 0.118 e. The Hall–Kier alpha value is -1.89. The third-order valence-corrected chi connectivity index (χ3v) is 3.11. The number of nitriles is 1. The van der Waals surface area contributed by atoms with Gasteiger partial charge in [-0.2, -0.15) is 5.26 Å². The summed E-state index contributed by atoms with van der Waals surface area (Å²) < 4.78 is 0. The Balaban J connectivity index is 2.31. The van der Waals surface area contributed by atoms with Gasteiger partial charge in [0.1, 0.15) is 5.41 Å². The van der Waals surface area contributed by atoms with Gasteiger partial charge < -0.3 is 4.90 Å². The van der Waals surface area contributed by atoms with Gasteiger partial charge in [-0.3, -0.25) is 10.4 Å². The number of hydrogen-bond donors (Lipinski definition) is 1. The molecule has 2 heterocycles. The molecule has 1 N–H and O–H groups in total. The van der Waals surface area contributed by atoms with E-state index in [2.05, 4.69) is 11.1 Å². The number of aromatic nitrogens is 1. The number of pyridine rings is 1. The third-order valence-electron chi connectivity index (χ3n) is 3.11. The van der Waals surface area contributed by atoms with E-state index in [1.165, 1.54) is 0 Å². The highest BCUT2D eigenvalue weighted by molar-refractivity contribution is 5.77. The number of nitrogens with zero attached hydrogens (tertiary/aromatic N) is 3. The number of rotatable bonds is 1. The molecule has 4 heteroatoms. The molecule has 4 nitrogen and oxygen atoms in total. The van der Waals surface area contributed by atoms with Crippen molar-refractivity contribution in [2.24, 2.45) is 0 Å². The van der Waals surface area contributed by atoms with Crippen LogP contribution in [0.2, 0.25) is 0 Å². The van der Waals surface area contributed by atoms with E-state index in [0.717, 1.165) is 18.7 Å². The van der Waals surface area contributed by atoms with Crippen molar-refractivity contribution in [3.05, 3.63) is 30.1 Å². The quantitative estimate of drug-likeness (QED) is 0.569. The zero-order valence-corrected chi connectivity index (χ0v) is 9.27. The van der Waals surface area contributed by atoms with Crippen LogP contribution in [-0.4, -0.2) is 28.8 Å². The molecule has 0 radical (unpaired) electrons. The molecule has 1 unspecified atom stereocenters. The molecule has 0 aromatic carbocycles. The van der Waals surface area contributed by atoms with Crippen molar-refractivity contribution in [2.45, 2.75) is 18.8 Å². The lowest BCUT2D eigenvalue weighted by Crippen LogP contribution is -2.32. The van der Waals surface area contributed by atoms with Crippen molar-refractivity contribution < 1.29 is 0 Å². The molecule has 1 atom stereocenters. The average molecular weight is 214 g/mol. The maximum Gasteiger partial charge on any atom is 0.118 e. The maximum absolute atomic E-state index is 9.38. The van der Waals surface area contributed by atoms with Crippen LogP contribution in [0.3, 0.4) is 0 Å². The van der Waals surface area contributed by atoms with Crippen LogP contribution in [0.5, 0.6) is 0 Å². The van der Waals surface area contributed by atoms with E-state index in [1.807, 2.05) is 23.1 Å². The summed E-state index contributed by atoms with van der Waals surface area (Å²) in [7, 11) is 0. The monoisotopic (exact) mass is 214 g/mol. The summed E-state index contributed by atoms with van der Waals surface area (Å²) in [4.78, 5) is 6.21. The van der Waals surface area contributed by atoms with E-state index >= 15 is 0 Å². The first-order chi connectivity index (χ1) is 7.68. The third kappa shape index (κ3) is 1.65. The van der Waals surface area contributed by atoms with E-state index in [0.29, 0.717) is 12.4 Å². The van der Waals surface area contributed by atoms with Crippen molar-refractivity contribution in [3.63, 3.8) is 0 Å². The van der Waals surface area contributed by atoms with Gasteiger partial charge in [-0.05, 0) is 25.5 Å². The number of likely N-dealkylation sites (tertiary alicyclic amines) is 1. The molecule has 0 aliphatic carbocycles. The summed E-state index contributed by atoms with van der Waals surface area (Å²) in [6, 6.07) is 8.03. The van der Waals surface area contributed by atoms with Gasteiger partial charge in [-0.25, -0.2) is 0 Å². The molecule has 16 heavy (non-hydrogen) atoms. The maximum atomic E-state index is 9.38. The summed E-state index contributed by atoms with van der Waals surface area (Å²) in [5, 5.41) is 17.0. The highest BCUT2D eigenvalue weighted by Crippen LogP contribution is 2.32. The minimum Gasteiger partial charge on any atom is -0.359 e. The topological polar surface area (TPSA) is 63.8 Å². The fourth-order valence-electron chi connectivity index (χ4n) is 2.10. The molecule has 2 rings (SSSR count). The van der Waals surface area contributed by atoms with Gasteiger partial charge in [0, 0.05) is 19.3 Å². The zero-order valence-electron chi connectivity index (χ0n) is 9.27. The van der Waals surface area contributed by atoms with Crippen molar-refractivity contribution in [2.75, 3.05) is 13.1 Å². The molecule has 1 fully saturated rings. The standard InChI is InChI=1S/C12H14N4/c1-10(14)16-7-5-12(8-13,9-16)11-4-2-3-6-15-11/h2-4,6,14H,5,7,9H2,1H3. The molecule has 1 aliphatic rings. The summed E-state index contributed by atoms with van der Waals surface area (Å²) in [5.41, 5.74) is 0.282. The molecular formula is C12H14N4. The van der Waals surface area contributed by atoms with Crippen molar-refractivity contribution in [3.8, 4) is 6.07 Å². The molecule has 1 aromatic rings. The number of amidine groups is 1. The molecule has 1 saturated heterocycles. The van der Waals surface area contributed by atoms with Crippen LogP contribution in [0.15, 0.2) is 24.4 Å². The minimum absolute atomic E-state index is 0.521. The average Bonchev–Trinajstić information content (AvgIpc) is 2.76. The first-order valence-corrected chi connectivity index (χ1v) is 5.31. The Labute approximate surface area is 95.0 Å². The minimum atomic E-state index is -0.538. The zero-order chi connectivity index (χ0) is 11.6. The van der Waals surface area contributed by atoms with Gasteiger partial charge in [0.2, 0.25) is 0 Å². The van der Waals surface area contributed by atoms with E-state index in [1.54, 1.807) is 13.1 Å². The highest BCUT2D eigenvalue weighted by atomic mass is 15.2. The SMILES string of the molecule is CC(=N)N1CCC(C#N)(c2ccccn2)C1. The van der Waals surface area contributed by atoms with Crippen LogP contribution >= 0.6 is 0 Å². The lowest BCUT2D eigenvalue weighted by atomic mass is 9.85. The Morgan fingerprint density at radius 1 is 1.62 bits per heavy atom. The number of nitrogens with one attached hydrogen (secondary N) is 1. The van der Waals surface area contributed by atoms with E-state index in [-0.39, 0.29) is 0 Å². The van der Waals surface area contributed by atoms with Crippen LogP contribution in [0.1, 0.15) is 19.0 Å². The molecule has 1 aromatic heterocycles. The van der Waals surface area contributed by atoms with Gasteiger partial charge in [0.15, 0.2) is 0 Å². The van der Waals surface area contributed by atoms with Crippen LogP contribution in [0.4, 0.5) is 0 Å². The molecule has 0 amide bonds. The molecule has 0 spiro atoms.